The number of aliphatic hydroxyl groups is 1. The first-order chi connectivity index (χ1) is 5.18. The molecule has 2 saturated carbocycles. The normalized spacial score (nSPS) is 48.2. The van der Waals surface area contributed by atoms with Gasteiger partial charge in [0.05, 0.1) is 6.10 Å². The second-order valence-electron chi connectivity index (χ2n) is 4.02. The summed E-state index contributed by atoms with van der Waals surface area (Å²) in [5.41, 5.74) is 0. The van der Waals surface area contributed by atoms with Crippen molar-refractivity contribution in [2.75, 3.05) is 0 Å². The molecule has 2 heteroatoms. The fraction of sp³-hybridized carbons (Fsp3) is 0.889. The lowest BCUT2D eigenvalue weighted by Gasteiger charge is -2.23. The Bertz CT molecular complexity index is 188. The molecular formula is C9H14O2. The Kier molecular flexibility index (Phi) is 1.53. The van der Waals surface area contributed by atoms with E-state index in [0.29, 0.717) is 11.8 Å². The fourth-order valence-corrected chi connectivity index (χ4v) is 2.78. The van der Waals surface area contributed by atoms with Crippen LogP contribution in [0.5, 0.6) is 0 Å². The predicted octanol–water partition coefficient (Wildman–Crippen LogP) is 0.982. The molecular weight excluding hydrogens is 140 g/mol. The van der Waals surface area contributed by atoms with Gasteiger partial charge in [0.25, 0.3) is 0 Å². The molecule has 0 spiro atoms. The second-order valence-corrected chi connectivity index (χ2v) is 4.02. The van der Waals surface area contributed by atoms with Gasteiger partial charge in [-0.15, -0.1) is 0 Å². The van der Waals surface area contributed by atoms with E-state index in [2.05, 4.69) is 0 Å². The summed E-state index contributed by atoms with van der Waals surface area (Å²) in [6.45, 7) is 1.65. The summed E-state index contributed by atoms with van der Waals surface area (Å²) in [6, 6.07) is 0. The van der Waals surface area contributed by atoms with Crippen LogP contribution in [0.3, 0.4) is 0 Å². The molecule has 2 bridgehead atoms. The highest BCUT2D eigenvalue weighted by Gasteiger charge is 2.47. The van der Waals surface area contributed by atoms with Gasteiger partial charge in [-0.3, -0.25) is 4.79 Å². The van der Waals surface area contributed by atoms with Crippen LogP contribution in [0.15, 0.2) is 0 Å². The van der Waals surface area contributed by atoms with Crippen LogP contribution in [0, 0.1) is 17.8 Å². The summed E-state index contributed by atoms with van der Waals surface area (Å²) in [5.74, 6) is 1.40. The number of hydrogen-bond donors (Lipinski definition) is 1. The molecule has 0 heterocycles. The molecule has 0 amide bonds. The van der Waals surface area contributed by atoms with E-state index in [1.165, 1.54) is 0 Å². The maximum Gasteiger partial charge on any atom is 0.133 e. The van der Waals surface area contributed by atoms with Gasteiger partial charge in [0.2, 0.25) is 0 Å². The van der Waals surface area contributed by atoms with Gasteiger partial charge in [-0.1, -0.05) is 0 Å². The fourth-order valence-electron chi connectivity index (χ4n) is 2.78. The SMILES string of the molecule is CC(=O)[C@H]1C[C@H]2C[C@@H]1[C@H](O)C2. The third-order valence-corrected chi connectivity index (χ3v) is 3.30. The van der Waals surface area contributed by atoms with Crippen LogP contribution >= 0.6 is 0 Å². The van der Waals surface area contributed by atoms with Crippen LogP contribution in [0.4, 0.5) is 0 Å². The molecule has 0 aliphatic heterocycles. The van der Waals surface area contributed by atoms with E-state index >= 15 is 0 Å². The molecule has 2 aliphatic carbocycles. The van der Waals surface area contributed by atoms with Crippen molar-refractivity contribution >= 4 is 5.78 Å². The summed E-state index contributed by atoms with van der Waals surface area (Å²) < 4.78 is 0. The zero-order valence-corrected chi connectivity index (χ0v) is 6.79. The van der Waals surface area contributed by atoms with Gasteiger partial charge in [-0.05, 0) is 38.0 Å². The lowest BCUT2D eigenvalue weighted by molar-refractivity contribution is -0.123. The van der Waals surface area contributed by atoms with Gasteiger partial charge in [0.15, 0.2) is 0 Å². The summed E-state index contributed by atoms with van der Waals surface area (Å²) in [6.07, 6.45) is 2.89. The summed E-state index contributed by atoms with van der Waals surface area (Å²) >= 11 is 0. The Hall–Kier alpha value is -0.370. The van der Waals surface area contributed by atoms with Crippen molar-refractivity contribution in [2.24, 2.45) is 17.8 Å². The number of rotatable bonds is 1. The van der Waals surface area contributed by atoms with Gasteiger partial charge < -0.3 is 5.11 Å². The van der Waals surface area contributed by atoms with Crippen LogP contribution in [0.1, 0.15) is 26.2 Å². The maximum atomic E-state index is 11.1. The molecule has 2 rings (SSSR count). The van der Waals surface area contributed by atoms with E-state index in [9.17, 15) is 9.90 Å². The Morgan fingerprint density at radius 2 is 2.09 bits per heavy atom. The third kappa shape index (κ3) is 1.00. The molecule has 0 aromatic heterocycles. The molecule has 2 nitrogen and oxygen atoms in total. The van der Waals surface area contributed by atoms with Gasteiger partial charge in [0, 0.05) is 5.92 Å². The van der Waals surface area contributed by atoms with E-state index in [1.54, 1.807) is 6.92 Å². The van der Waals surface area contributed by atoms with Crippen molar-refractivity contribution in [3.63, 3.8) is 0 Å². The molecule has 2 aliphatic rings. The Morgan fingerprint density at radius 1 is 1.36 bits per heavy atom. The number of Topliss-reactive ketones (excluding diaryl/α,β-unsaturated/α-hetero) is 1. The molecule has 0 unspecified atom stereocenters. The quantitative estimate of drug-likeness (QED) is 0.611. The van der Waals surface area contributed by atoms with Crippen molar-refractivity contribution < 1.29 is 9.90 Å². The van der Waals surface area contributed by atoms with Gasteiger partial charge in [-0.25, -0.2) is 0 Å². The Balaban J connectivity index is 2.12. The van der Waals surface area contributed by atoms with E-state index in [0.717, 1.165) is 19.3 Å². The number of aliphatic hydroxyl groups excluding tert-OH is 1. The van der Waals surface area contributed by atoms with E-state index in [1.807, 2.05) is 0 Å². The average molecular weight is 154 g/mol. The Morgan fingerprint density at radius 3 is 2.45 bits per heavy atom. The minimum absolute atomic E-state index is 0.178. The molecule has 0 saturated heterocycles. The molecule has 0 aromatic rings. The average Bonchev–Trinajstić information content (AvgIpc) is 2.43. The van der Waals surface area contributed by atoms with Crippen molar-refractivity contribution in [3.05, 3.63) is 0 Å². The topological polar surface area (TPSA) is 37.3 Å². The van der Waals surface area contributed by atoms with E-state index in [4.69, 9.17) is 0 Å². The van der Waals surface area contributed by atoms with Gasteiger partial charge in [0.1, 0.15) is 5.78 Å². The smallest absolute Gasteiger partial charge is 0.133 e. The Labute approximate surface area is 66.6 Å². The largest absolute Gasteiger partial charge is 0.393 e. The molecule has 1 N–H and O–H groups in total. The lowest BCUT2D eigenvalue weighted by atomic mass is 9.84. The number of hydrogen-bond acceptors (Lipinski definition) is 2. The zero-order chi connectivity index (χ0) is 8.01. The van der Waals surface area contributed by atoms with Crippen molar-refractivity contribution in [1.29, 1.82) is 0 Å². The first-order valence-corrected chi connectivity index (χ1v) is 4.37. The number of ketones is 1. The molecule has 4 atom stereocenters. The van der Waals surface area contributed by atoms with Crippen molar-refractivity contribution in [1.82, 2.24) is 0 Å². The molecule has 11 heavy (non-hydrogen) atoms. The van der Waals surface area contributed by atoms with Crippen LogP contribution in [-0.4, -0.2) is 17.0 Å². The molecule has 62 valence electrons. The maximum absolute atomic E-state index is 11.1. The second kappa shape index (κ2) is 2.31. The highest BCUT2D eigenvalue weighted by Crippen LogP contribution is 2.48. The van der Waals surface area contributed by atoms with E-state index in [-0.39, 0.29) is 17.8 Å². The molecule has 0 aromatic carbocycles. The summed E-state index contributed by atoms with van der Waals surface area (Å²) in [4.78, 5) is 11.1. The number of fused-ring (bicyclic) bond motifs is 2. The van der Waals surface area contributed by atoms with Crippen LogP contribution in [-0.2, 0) is 4.79 Å². The lowest BCUT2D eigenvalue weighted by Crippen LogP contribution is -2.28. The van der Waals surface area contributed by atoms with Crippen LogP contribution in [0.25, 0.3) is 0 Å². The van der Waals surface area contributed by atoms with E-state index < -0.39 is 0 Å². The monoisotopic (exact) mass is 154 g/mol. The summed E-state index contributed by atoms with van der Waals surface area (Å²) in [5, 5.41) is 9.49. The first kappa shape index (κ1) is 7.29. The number of carbonyl (C=O) groups is 1. The first-order valence-electron chi connectivity index (χ1n) is 4.37. The van der Waals surface area contributed by atoms with Crippen LogP contribution < -0.4 is 0 Å². The van der Waals surface area contributed by atoms with Crippen molar-refractivity contribution in [2.45, 2.75) is 32.3 Å². The highest BCUT2D eigenvalue weighted by atomic mass is 16.3. The predicted molar refractivity (Wildman–Crippen MR) is 41.0 cm³/mol. The minimum Gasteiger partial charge on any atom is -0.393 e. The zero-order valence-electron chi connectivity index (χ0n) is 6.79. The standard InChI is InChI=1S/C9H14O2/c1-5(10)7-2-6-3-8(7)9(11)4-6/h6-9,11H,2-4H2,1H3/t6-,7+,8-,9+/m0/s1. The van der Waals surface area contributed by atoms with Crippen LogP contribution in [0.2, 0.25) is 0 Å². The molecule has 0 radical (unpaired) electrons. The highest BCUT2D eigenvalue weighted by molar-refractivity contribution is 5.79. The van der Waals surface area contributed by atoms with Gasteiger partial charge in [-0.2, -0.15) is 0 Å². The third-order valence-electron chi connectivity index (χ3n) is 3.30. The van der Waals surface area contributed by atoms with Crippen molar-refractivity contribution in [3.8, 4) is 0 Å². The van der Waals surface area contributed by atoms with Gasteiger partial charge >= 0.3 is 0 Å². The molecule has 2 fully saturated rings. The minimum atomic E-state index is -0.178. The summed E-state index contributed by atoms with van der Waals surface area (Å²) in [7, 11) is 0. The number of carbonyl (C=O) groups excluding carboxylic acids is 1.